The molecule has 0 radical (unpaired) electrons. The van der Waals surface area contributed by atoms with Crippen molar-refractivity contribution >= 4 is 22.9 Å². The lowest BCUT2D eigenvalue weighted by molar-refractivity contribution is -0.143. The Morgan fingerprint density at radius 3 is 2.94 bits per heavy atom. The zero-order valence-electron chi connectivity index (χ0n) is 9.86. The van der Waals surface area contributed by atoms with Crippen LogP contribution < -0.4 is 5.73 Å². The van der Waals surface area contributed by atoms with Crippen LogP contribution in [0.1, 0.15) is 33.1 Å². The first-order valence-electron chi connectivity index (χ1n) is 5.66. The molecule has 3 N–H and O–H groups in total. The van der Waals surface area contributed by atoms with Gasteiger partial charge in [-0.15, -0.1) is 0 Å². The molecule has 0 aromatic carbocycles. The van der Waals surface area contributed by atoms with Crippen molar-refractivity contribution in [1.29, 1.82) is 5.41 Å². The van der Waals surface area contributed by atoms with Crippen molar-refractivity contribution in [2.24, 2.45) is 17.6 Å². The zero-order chi connectivity index (χ0) is 12.1. The van der Waals surface area contributed by atoms with E-state index in [9.17, 15) is 4.79 Å². The summed E-state index contributed by atoms with van der Waals surface area (Å²) in [6.07, 6.45) is 2.70. The van der Waals surface area contributed by atoms with Crippen molar-refractivity contribution in [3.8, 4) is 0 Å². The van der Waals surface area contributed by atoms with Crippen LogP contribution in [0.3, 0.4) is 0 Å². The van der Waals surface area contributed by atoms with E-state index < -0.39 is 0 Å². The summed E-state index contributed by atoms with van der Waals surface area (Å²) in [6, 6.07) is 0. The van der Waals surface area contributed by atoms with Crippen molar-refractivity contribution in [1.82, 2.24) is 0 Å². The number of carbonyl (C=O) groups excluding carboxylic acids is 1. The zero-order valence-corrected chi connectivity index (χ0v) is 10.7. The lowest BCUT2D eigenvalue weighted by Gasteiger charge is -2.07. The van der Waals surface area contributed by atoms with Gasteiger partial charge < -0.3 is 10.5 Å². The Hall–Kier alpha value is -0.710. The topological polar surface area (TPSA) is 76.2 Å². The number of nitrogens with two attached hydrogens (primary N) is 1. The normalized spacial score (nSPS) is 24.8. The maximum Gasteiger partial charge on any atom is 0.309 e. The summed E-state index contributed by atoms with van der Waals surface area (Å²) in [5.74, 6) is 1.22. The number of cyclic esters (lactones) is 1. The van der Waals surface area contributed by atoms with E-state index in [-0.39, 0.29) is 23.2 Å². The SMILES string of the molecule is CC(C)CC[C@H]1C[C@H](CSC(=N)N)OC1=O. The standard InChI is InChI=1S/C11H20N2O2S/c1-7(2)3-4-8-5-9(15-10(8)14)6-16-11(12)13/h7-9H,3-6H2,1-2H3,(H3,12,13)/t8-,9+/m0/s1. The third kappa shape index (κ3) is 4.43. The average Bonchev–Trinajstić information content (AvgIpc) is 2.53. The van der Waals surface area contributed by atoms with Crippen LogP contribution in [-0.4, -0.2) is 23.0 Å². The first kappa shape index (κ1) is 13.4. The fourth-order valence-electron chi connectivity index (χ4n) is 1.78. The first-order valence-corrected chi connectivity index (χ1v) is 6.65. The van der Waals surface area contributed by atoms with Gasteiger partial charge in [0.1, 0.15) is 6.10 Å². The van der Waals surface area contributed by atoms with Crippen molar-refractivity contribution < 1.29 is 9.53 Å². The van der Waals surface area contributed by atoms with Crippen molar-refractivity contribution in [3.05, 3.63) is 0 Å². The summed E-state index contributed by atoms with van der Waals surface area (Å²) >= 11 is 1.24. The highest BCUT2D eigenvalue weighted by atomic mass is 32.2. The molecule has 1 fully saturated rings. The molecule has 5 heteroatoms. The Kier molecular flexibility index (Phi) is 5.12. The molecule has 0 amide bonds. The monoisotopic (exact) mass is 244 g/mol. The van der Waals surface area contributed by atoms with E-state index >= 15 is 0 Å². The second kappa shape index (κ2) is 6.13. The largest absolute Gasteiger partial charge is 0.461 e. The molecule has 1 rings (SSSR count). The molecule has 4 nitrogen and oxygen atoms in total. The fraction of sp³-hybridized carbons (Fsp3) is 0.818. The summed E-state index contributed by atoms with van der Waals surface area (Å²) in [5.41, 5.74) is 5.24. The molecule has 0 spiro atoms. The maximum absolute atomic E-state index is 11.5. The van der Waals surface area contributed by atoms with Gasteiger partial charge in [0, 0.05) is 5.75 Å². The van der Waals surface area contributed by atoms with Crippen LogP contribution in [0.15, 0.2) is 0 Å². The van der Waals surface area contributed by atoms with Gasteiger partial charge in [-0.3, -0.25) is 10.2 Å². The van der Waals surface area contributed by atoms with Crippen LogP contribution in [0.5, 0.6) is 0 Å². The fourth-order valence-corrected chi connectivity index (χ4v) is 2.35. The third-order valence-electron chi connectivity index (χ3n) is 2.68. The molecule has 0 aromatic rings. The van der Waals surface area contributed by atoms with Gasteiger partial charge in [-0.1, -0.05) is 32.0 Å². The number of hydrogen-bond acceptors (Lipinski definition) is 4. The van der Waals surface area contributed by atoms with E-state index in [2.05, 4.69) is 13.8 Å². The van der Waals surface area contributed by atoms with Crippen molar-refractivity contribution in [2.75, 3.05) is 5.75 Å². The van der Waals surface area contributed by atoms with Crippen LogP contribution >= 0.6 is 11.8 Å². The van der Waals surface area contributed by atoms with Gasteiger partial charge in [0.15, 0.2) is 5.17 Å². The molecule has 0 bridgehead atoms. The van der Waals surface area contributed by atoms with Crippen LogP contribution in [0.4, 0.5) is 0 Å². The minimum atomic E-state index is -0.0743. The number of carbonyl (C=O) groups is 1. The molecule has 1 aliphatic heterocycles. The second-order valence-electron chi connectivity index (χ2n) is 4.64. The summed E-state index contributed by atoms with van der Waals surface area (Å²) < 4.78 is 5.24. The molecule has 1 aliphatic rings. The lowest BCUT2D eigenvalue weighted by atomic mass is 9.95. The molecule has 1 saturated heterocycles. The molecule has 0 aromatic heterocycles. The lowest BCUT2D eigenvalue weighted by Crippen LogP contribution is -2.14. The molecule has 0 saturated carbocycles. The minimum Gasteiger partial charge on any atom is -0.461 e. The van der Waals surface area contributed by atoms with Gasteiger partial charge in [0.05, 0.1) is 5.92 Å². The van der Waals surface area contributed by atoms with E-state index in [1.54, 1.807) is 0 Å². The number of esters is 1. The van der Waals surface area contributed by atoms with Gasteiger partial charge in [0.25, 0.3) is 0 Å². The molecule has 0 unspecified atom stereocenters. The van der Waals surface area contributed by atoms with Gasteiger partial charge in [-0.25, -0.2) is 0 Å². The number of ether oxygens (including phenoxy) is 1. The number of hydrogen-bond donors (Lipinski definition) is 2. The highest BCUT2D eigenvalue weighted by molar-refractivity contribution is 8.13. The van der Waals surface area contributed by atoms with E-state index in [1.165, 1.54) is 11.8 Å². The Labute approximate surface area is 101 Å². The second-order valence-corrected chi connectivity index (χ2v) is 5.70. The predicted octanol–water partition coefficient (Wildman–Crippen LogP) is 1.98. The van der Waals surface area contributed by atoms with Crippen LogP contribution in [-0.2, 0) is 9.53 Å². The molecule has 92 valence electrons. The number of rotatable bonds is 5. The average molecular weight is 244 g/mol. The molecule has 0 aliphatic carbocycles. The smallest absolute Gasteiger partial charge is 0.309 e. The first-order chi connectivity index (χ1) is 7.49. The van der Waals surface area contributed by atoms with Crippen LogP contribution in [0.25, 0.3) is 0 Å². The Morgan fingerprint density at radius 1 is 1.69 bits per heavy atom. The van der Waals surface area contributed by atoms with Gasteiger partial charge in [-0.05, 0) is 18.8 Å². The van der Waals surface area contributed by atoms with Crippen LogP contribution in [0.2, 0.25) is 0 Å². The Morgan fingerprint density at radius 2 is 2.38 bits per heavy atom. The van der Waals surface area contributed by atoms with E-state index in [0.29, 0.717) is 11.7 Å². The molecule has 2 atom stereocenters. The quantitative estimate of drug-likeness (QED) is 0.440. The highest BCUT2D eigenvalue weighted by Crippen LogP contribution is 2.28. The third-order valence-corrected chi connectivity index (χ3v) is 3.53. The summed E-state index contributed by atoms with van der Waals surface area (Å²) in [7, 11) is 0. The number of thioether (sulfide) groups is 1. The molecule has 16 heavy (non-hydrogen) atoms. The van der Waals surface area contributed by atoms with E-state index in [4.69, 9.17) is 15.9 Å². The number of nitrogens with one attached hydrogen (secondary N) is 1. The van der Waals surface area contributed by atoms with Crippen molar-refractivity contribution in [2.45, 2.75) is 39.2 Å². The molecule has 1 heterocycles. The summed E-state index contributed by atoms with van der Waals surface area (Å²) in [6.45, 7) is 4.31. The van der Waals surface area contributed by atoms with Gasteiger partial charge in [-0.2, -0.15) is 0 Å². The van der Waals surface area contributed by atoms with Crippen LogP contribution in [0, 0.1) is 17.2 Å². The number of amidine groups is 1. The summed E-state index contributed by atoms with van der Waals surface area (Å²) in [5, 5.41) is 7.18. The maximum atomic E-state index is 11.5. The predicted molar refractivity (Wildman–Crippen MR) is 66.4 cm³/mol. The Bertz CT molecular complexity index is 269. The summed E-state index contributed by atoms with van der Waals surface area (Å²) in [4.78, 5) is 11.5. The van der Waals surface area contributed by atoms with Gasteiger partial charge in [0.2, 0.25) is 0 Å². The Balaban J connectivity index is 2.29. The van der Waals surface area contributed by atoms with Gasteiger partial charge >= 0.3 is 5.97 Å². The van der Waals surface area contributed by atoms with Crippen molar-refractivity contribution in [3.63, 3.8) is 0 Å². The highest BCUT2D eigenvalue weighted by Gasteiger charge is 2.33. The molecular weight excluding hydrogens is 224 g/mol. The van der Waals surface area contributed by atoms with E-state index in [0.717, 1.165) is 19.3 Å². The van der Waals surface area contributed by atoms with E-state index in [1.807, 2.05) is 0 Å². The molecular formula is C11H20N2O2S. The minimum absolute atomic E-state index is 0.0555.